The molecule has 8 nitrogen and oxygen atoms in total. The first-order chi connectivity index (χ1) is 17.7. The molecule has 9 heteroatoms. The Kier molecular flexibility index (Phi) is 5.88. The zero-order valence-corrected chi connectivity index (χ0v) is 22.2. The number of nitrogens with zero attached hydrogens (tertiary/aromatic N) is 5. The SMILES string of the molecule is CC1(C)C[C@@H]2C[C@@](C)(CN2Cn2c(O)c(N=NC(=O)CSc3nc4ccccc4o3)c3ccccc32)C1. The lowest BCUT2D eigenvalue weighted by Crippen LogP contribution is -2.35. The standard InChI is InChI=1S/C28H31N5O3S/c1-27(2)12-18-13-28(3,15-27)16-32(18)17-33-21-10-6-4-8-19(21)24(25(33)35)31-30-23(34)14-37-26-29-20-9-5-7-11-22(20)36-26/h4-11,18,35H,12-17H2,1-3H3/t18-,28-/m1/s1. The largest absolute Gasteiger partial charge is 0.493 e. The Morgan fingerprint density at radius 3 is 2.78 bits per heavy atom. The Balaban J connectivity index is 1.21. The molecule has 2 fully saturated rings. The molecule has 6 rings (SSSR count). The lowest BCUT2D eigenvalue weighted by Gasteiger charge is -2.40. The number of carbonyl (C=O) groups excluding carboxylic acids is 1. The molecule has 2 atom stereocenters. The molecule has 192 valence electrons. The highest BCUT2D eigenvalue weighted by Gasteiger charge is 2.49. The highest BCUT2D eigenvalue weighted by molar-refractivity contribution is 7.99. The number of benzene rings is 2. The number of hydrogen-bond donors (Lipinski definition) is 1. The maximum Gasteiger partial charge on any atom is 0.275 e. The summed E-state index contributed by atoms with van der Waals surface area (Å²) < 4.78 is 7.55. The fourth-order valence-electron chi connectivity index (χ4n) is 6.61. The number of rotatable bonds is 6. The molecule has 0 unspecified atom stereocenters. The van der Waals surface area contributed by atoms with Crippen LogP contribution in [0.4, 0.5) is 5.69 Å². The third-order valence-corrected chi connectivity index (χ3v) is 8.43. The molecule has 2 aliphatic rings. The fourth-order valence-corrected chi connectivity index (χ4v) is 7.22. The molecule has 4 aromatic rings. The number of carbonyl (C=O) groups is 1. The zero-order valence-electron chi connectivity index (χ0n) is 21.3. The Bertz CT molecular complexity index is 1490. The van der Waals surface area contributed by atoms with E-state index in [1.165, 1.54) is 24.6 Å². The summed E-state index contributed by atoms with van der Waals surface area (Å²) in [4.78, 5) is 19.4. The van der Waals surface area contributed by atoms with Crippen LogP contribution in [0.3, 0.4) is 0 Å². The van der Waals surface area contributed by atoms with Gasteiger partial charge in [0.25, 0.3) is 11.1 Å². The first kappa shape index (κ1) is 24.2. The molecular formula is C28H31N5O3S. The number of azo groups is 1. The summed E-state index contributed by atoms with van der Waals surface area (Å²) in [6.07, 6.45) is 3.56. The number of amides is 1. The summed E-state index contributed by atoms with van der Waals surface area (Å²) in [5, 5.41) is 20.5. The summed E-state index contributed by atoms with van der Waals surface area (Å²) in [5.41, 5.74) is 3.25. The molecule has 1 saturated heterocycles. The van der Waals surface area contributed by atoms with Crippen molar-refractivity contribution in [3.63, 3.8) is 0 Å². The Morgan fingerprint density at radius 2 is 1.95 bits per heavy atom. The second-order valence-electron chi connectivity index (χ2n) is 11.5. The van der Waals surface area contributed by atoms with Gasteiger partial charge in [-0.25, -0.2) is 4.98 Å². The van der Waals surface area contributed by atoms with Crippen LogP contribution in [-0.2, 0) is 11.5 Å². The maximum absolute atomic E-state index is 12.5. The smallest absolute Gasteiger partial charge is 0.275 e. The number of likely N-dealkylation sites (tertiary alicyclic amines) is 1. The van der Waals surface area contributed by atoms with E-state index in [1.54, 1.807) is 0 Å². The Labute approximate surface area is 219 Å². The van der Waals surface area contributed by atoms with Gasteiger partial charge in [0.2, 0.25) is 5.88 Å². The van der Waals surface area contributed by atoms with E-state index in [2.05, 4.69) is 40.9 Å². The van der Waals surface area contributed by atoms with E-state index in [1.807, 2.05) is 53.1 Å². The van der Waals surface area contributed by atoms with Gasteiger partial charge in [0.15, 0.2) is 11.3 Å². The second kappa shape index (κ2) is 8.99. The van der Waals surface area contributed by atoms with Crippen molar-refractivity contribution in [2.24, 2.45) is 21.1 Å². The van der Waals surface area contributed by atoms with Crippen LogP contribution in [0, 0.1) is 10.8 Å². The minimum atomic E-state index is -0.424. The highest BCUT2D eigenvalue weighted by atomic mass is 32.2. The molecule has 1 N–H and O–H groups in total. The van der Waals surface area contributed by atoms with Gasteiger partial charge in [0.1, 0.15) is 5.52 Å². The van der Waals surface area contributed by atoms with Crippen LogP contribution in [0.1, 0.15) is 40.0 Å². The molecular weight excluding hydrogens is 486 g/mol. The van der Waals surface area contributed by atoms with E-state index in [9.17, 15) is 9.90 Å². The summed E-state index contributed by atoms with van der Waals surface area (Å²) in [6.45, 7) is 8.71. The van der Waals surface area contributed by atoms with Crippen LogP contribution in [0.5, 0.6) is 5.88 Å². The lowest BCUT2D eigenvalue weighted by molar-refractivity contribution is -0.115. The van der Waals surface area contributed by atoms with E-state index in [0.29, 0.717) is 40.0 Å². The van der Waals surface area contributed by atoms with Crippen LogP contribution in [0.25, 0.3) is 22.0 Å². The van der Waals surface area contributed by atoms with Crippen LogP contribution < -0.4 is 0 Å². The van der Waals surface area contributed by atoms with Crippen molar-refractivity contribution in [1.82, 2.24) is 14.5 Å². The fraction of sp³-hybridized carbons (Fsp3) is 0.429. The van der Waals surface area contributed by atoms with Crippen molar-refractivity contribution in [1.29, 1.82) is 0 Å². The monoisotopic (exact) mass is 517 g/mol. The summed E-state index contributed by atoms with van der Waals surface area (Å²) in [7, 11) is 0. The van der Waals surface area contributed by atoms with E-state index in [4.69, 9.17) is 4.42 Å². The zero-order chi connectivity index (χ0) is 25.8. The normalized spacial score (nSPS) is 23.5. The molecule has 1 amide bonds. The number of thioether (sulfide) groups is 1. The van der Waals surface area contributed by atoms with Crippen molar-refractivity contribution < 1.29 is 14.3 Å². The van der Waals surface area contributed by atoms with Crippen molar-refractivity contribution in [3.8, 4) is 5.88 Å². The Hall–Kier alpha value is -3.17. The van der Waals surface area contributed by atoms with Gasteiger partial charge in [0, 0.05) is 18.0 Å². The molecule has 2 bridgehead atoms. The van der Waals surface area contributed by atoms with Gasteiger partial charge < -0.3 is 9.52 Å². The van der Waals surface area contributed by atoms with Gasteiger partial charge in [-0.15, -0.1) is 10.2 Å². The molecule has 1 aliphatic carbocycles. The van der Waals surface area contributed by atoms with Crippen LogP contribution >= 0.6 is 11.8 Å². The summed E-state index contributed by atoms with van der Waals surface area (Å²) >= 11 is 1.18. The first-order valence-electron chi connectivity index (χ1n) is 12.7. The number of para-hydroxylation sites is 3. The average molecular weight is 518 g/mol. The summed E-state index contributed by atoms with van der Waals surface area (Å²) in [5.74, 6) is -0.346. The minimum Gasteiger partial charge on any atom is -0.493 e. The molecule has 0 spiro atoms. The highest BCUT2D eigenvalue weighted by Crippen LogP contribution is 2.53. The van der Waals surface area contributed by atoms with E-state index in [-0.39, 0.29) is 11.6 Å². The van der Waals surface area contributed by atoms with Gasteiger partial charge in [-0.05, 0) is 48.3 Å². The Morgan fingerprint density at radius 1 is 1.16 bits per heavy atom. The molecule has 2 aromatic carbocycles. The van der Waals surface area contributed by atoms with Gasteiger partial charge in [-0.2, -0.15) is 0 Å². The number of aromatic hydroxyl groups is 1. The number of aromatic nitrogens is 2. The van der Waals surface area contributed by atoms with Crippen molar-refractivity contribution in [3.05, 3.63) is 48.5 Å². The first-order valence-corrected chi connectivity index (χ1v) is 13.7. The van der Waals surface area contributed by atoms with Crippen LogP contribution in [0.2, 0.25) is 0 Å². The summed E-state index contributed by atoms with van der Waals surface area (Å²) in [6, 6.07) is 15.7. The molecule has 1 aliphatic heterocycles. The molecule has 0 radical (unpaired) electrons. The van der Waals surface area contributed by atoms with Crippen molar-refractivity contribution in [2.45, 2.75) is 58.0 Å². The second-order valence-corrected chi connectivity index (χ2v) is 12.5. The number of hydrogen-bond acceptors (Lipinski definition) is 7. The average Bonchev–Trinajstić information content (AvgIpc) is 3.46. The van der Waals surface area contributed by atoms with Gasteiger partial charge >= 0.3 is 0 Å². The maximum atomic E-state index is 12.5. The van der Waals surface area contributed by atoms with Crippen LogP contribution in [-0.4, -0.2) is 43.8 Å². The predicted molar refractivity (Wildman–Crippen MR) is 144 cm³/mol. The molecule has 3 heterocycles. The van der Waals surface area contributed by atoms with Gasteiger partial charge in [0.05, 0.1) is 17.9 Å². The van der Waals surface area contributed by atoms with Crippen molar-refractivity contribution >= 4 is 45.4 Å². The molecule has 1 saturated carbocycles. The predicted octanol–water partition coefficient (Wildman–Crippen LogP) is 6.75. The van der Waals surface area contributed by atoms with Crippen LogP contribution in [0.15, 0.2) is 68.4 Å². The van der Waals surface area contributed by atoms with E-state index < -0.39 is 5.91 Å². The van der Waals surface area contributed by atoms with E-state index >= 15 is 0 Å². The molecule has 37 heavy (non-hydrogen) atoms. The minimum absolute atomic E-state index is 0.0372. The molecule has 2 aromatic heterocycles. The third-order valence-electron chi connectivity index (χ3n) is 7.62. The van der Waals surface area contributed by atoms with Gasteiger partial charge in [-0.3, -0.25) is 14.3 Å². The quantitative estimate of drug-likeness (QED) is 0.224. The third kappa shape index (κ3) is 4.66. The number of fused-ring (bicyclic) bond motifs is 4. The lowest BCUT2D eigenvalue weighted by atomic mass is 9.65. The van der Waals surface area contributed by atoms with Crippen molar-refractivity contribution in [2.75, 3.05) is 12.3 Å². The number of oxazole rings is 1. The van der Waals surface area contributed by atoms with E-state index in [0.717, 1.165) is 29.4 Å². The van der Waals surface area contributed by atoms with Gasteiger partial charge in [-0.1, -0.05) is 62.9 Å². The topological polar surface area (TPSA) is 96.2 Å².